The monoisotopic (exact) mass is 712 g/mol. The second kappa shape index (κ2) is 14.0. The molecular weight excluding hydrogens is 661 g/mol. The number of hydrogen-bond donors (Lipinski definition) is 0. The van der Waals surface area contributed by atoms with Crippen LogP contribution in [0.15, 0.2) is 146 Å². The van der Waals surface area contributed by atoms with E-state index in [1.165, 1.54) is 113 Å². The highest BCUT2D eigenvalue weighted by molar-refractivity contribution is 5.89. The topological polar surface area (TPSA) is 0 Å². The minimum atomic E-state index is 0.151. The van der Waals surface area contributed by atoms with Gasteiger partial charge >= 0.3 is 0 Å². The van der Waals surface area contributed by atoms with Crippen LogP contribution in [0, 0.1) is 13.8 Å². The molecule has 10 rings (SSSR count). The van der Waals surface area contributed by atoms with Gasteiger partial charge in [0, 0.05) is 5.41 Å². The van der Waals surface area contributed by atoms with Crippen molar-refractivity contribution in [2.75, 3.05) is 0 Å². The third-order valence-electron chi connectivity index (χ3n) is 13.2. The van der Waals surface area contributed by atoms with Crippen molar-refractivity contribution in [2.24, 2.45) is 0 Å². The molecule has 0 saturated carbocycles. The fourth-order valence-electron chi connectivity index (χ4n) is 10.0. The molecule has 0 nitrogen and oxygen atoms in total. The van der Waals surface area contributed by atoms with Gasteiger partial charge in [-0.2, -0.15) is 0 Å². The molecule has 0 spiro atoms. The average molecular weight is 713 g/mol. The summed E-state index contributed by atoms with van der Waals surface area (Å²) in [5.74, 6) is 1.13. The maximum atomic E-state index is 2.49. The summed E-state index contributed by atoms with van der Waals surface area (Å²) in [5, 5.41) is 0. The van der Waals surface area contributed by atoms with E-state index < -0.39 is 0 Å². The molecule has 2 atom stereocenters. The summed E-state index contributed by atoms with van der Waals surface area (Å²) in [4.78, 5) is 0. The third kappa shape index (κ3) is 6.08. The maximum absolute atomic E-state index is 2.49. The van der Waals surface area contributed by atoms with Crippen molar-refractivity contribution in [2.45, 2.75) is 84.5 Å². The lowest BCUT2D eigenvalue weighted by molar-refractivity contribution is 0.660. The molecule has 0 heteroatoms. The summed E-state index contributed by atoms with van der Waals surface area (Å²) >= 11 is 0. The predicted octanol–water partition coefficient (Wildman–Crippen LogP) is 15.1. The highest BCUT2D eigenvalue weighted by Gasteiger charge is 2.35. The first kappa shape index (κ1) is 35.3. The van der Waals surface area contributed by atoms with Gasteiger partial charge in [-0.3, -0.25) is 0 Å². The predicted molar refractivity (Wildman–Crippen MR) is 235 cm³/mol. The summed E-state index contributed by atoms with van der Waals surface area (Å²) in [5.41, 5.74) is 25.6. The van der Waals surface area contributed by atoms with Crippen LogP contribution in [0.1, 0.15) is 96.9 Å². The van der Waals surface area contributed by atoms with Crippen LogP contribution in [0.25, 0.3) is 55.6 Å². The molecular formula is C55H52. The SMILES string of the molecule is Cc1cccc2c1-c1ccccc1C2(C)C.Cc1ccccc1-c1cc(-c2ccc3c(c2)-c2ccccc2C(C)CC3)cc2c1CC[C@@H](C)c1ccccc1-2. The van der Waals surface area contributed by atoms with E-state index in [4.69, 9.17) is 0 Å². The quantitative estimate of drug-likeness (QED) is 0.167. The smallest absolute Gasteiger partial charge is 0.0158 e. The fourth-order valence-corrected chi connectivity index (χ4v) is 10.0. The zero-order chi connectivity index (χ0) is 37.8. The van der Waals surface area contributed by atoms with E-state index in [0.29, 0.717) is 11.8 Å². The highest BCUT2D eigenvalue weighted by Crippen LogP contribution is 2.50. The van der Waals surface area contributed by atoms with E-state index in [-0.39, 0.29) is 5.41 Å². The van der Waals surface area contributed by atoms with Crippen molar-refractivity contribution in [3.05, 3.63) is 190 Å². The van der Waals surface area contributed by atoms with Gasteiger partial charge in [-0.05, 0) is 170 Å². The summed E-state index contributed by atoms with van der Waals surface area (Å²) < 4.78 is 0. The van der Waals surface area contributed by atoms with E-state index in [2.05, 4.69) is 187 Å². The van der Waals surface area contributed by atoms with Crippen molar-refractivity contribution in [1.29, 1.82) is 0 Å². The standard InChI is InChI=1S/C39H36.C16H16/c1-25-10-4-5-13-33(25)38-23-30(24-39-35-15-9-7-12-32(35)27(3)17-21-36(38)39)29-20-19-28-18-16-26(2)31-11-6-8-14-34(31)37(28)22-29;1-11-7-6-10-14-15(11)12-8-4-5-9-13(12)16(14,2)3/h4-15,19-20,22-24,26-27H,16-18,21H2,1-3H3;4-10H,1-3H3/t26?,27-;/m1./s1. The van der Waals surface area contributed by atoms with E-state index in [1.807, 2.05) is 0 Å². The first-order valence-corrected chi connectivity index (χ1v) is 20.5. The molecule has 3 aliphatic rings. The minimum absolute atomic E-state index is 0.151. The molecule has 0 heterocycles. The lowest BCUT2D eigenvalue weighted by atomic mass is 9.82. The Bertz CT molecular complexity index is 2580. The molecule has 0 fully saturated rings. The number of rotatable bonds is 2. The minimum Gasteiger partial charge on any atom is -0.0620 e. The summed E-state index contributed by atoms with van der Waals surface area (Å²) in [7, 11) is 0. The summed E-state index contributed by atoms with van der Waals surface area (Å²) in [6, 6.07) is 54.7. The second-order valence-corrected chi connectivity index (χ2v) is 17.0. The number of fused-ring (bicyclic) bond motifs is 9. The van der Waals surface area contributed by atoms with Crippen LogP contribution in [0.5, 0.6) is 0 Å². The highest BCUT2D eigenvalue weighted by atomic mass is 14.4. The molecule has 0 amide bonds. The molecule has 7 aromatic rings. The van der Waals surface area contributed by atoms with Crippen molar-refractivity contribution in [1.82, 2.24) is 0 Å². The summed E-state index contributed by atoms with van der Waals surface area (Å²) in [6.07, 6.45) is 4.62. The van der Waals surface area contributed by atoms with Crippen molar-refractivity contribution in [3.63, 3.8) is 0 Å². The van der Waals surface area contributed by atoms with Gasteiger partial charge in [-0.25, -0.2) is 0 Å². The Morgan fingerprint density at radius 3 is 1.67 bits per heavy atom. The van der Waals surface area contributed by atoms with Gasteiger partial charge in [0.1, 0.15) is 0 Å². The van der Waals surface area contributed by atoms with Crippen LogP contribution in [0.3, 0.4) is 0 Å². The third-order valence-corrected chi connectivity index (χ3v) is 13.2. The van der Waals surface area contributed by atoms with Crippen LogP contribution in [0.4, 0.5) is 0 Å². The van der Waals surface area contributed by atoms with Crippen LogP contribution >= 0.6 is 0 Å². The van der Waals surface area contributed by atoms with Gasteiger partial charge in [-0.15, -0.1) is 0 Å². The van der Waals surface area contributed by atoms with Crippen molar-refractivity contribution < 1.29 is 0 Å². The average Bonchev–Trinajstić information content (AvgIpc) is 3.28. The molecule has 55 heavy (non-hydrogen) atoms. The van der Waals surface area contributed by atoms with Crippen LogP contribution in [0.2, 0.25) is 0 Å². The summed E-state index contributed by atoms with van der Waals surface area (Å²) in [6.45, 7) is 13.9. The molecule has 1 unspecified atom stereocenters. The molecule has 0 N–H and O–H groups in total. The Hall–Kier alpha value is -5.46. The number of aryl methyl sites for hydroxylation is 3. The fraction of sp³-hybridized carbons (Fsp3) is 0.236. The lowest BCUT2D eigenvalue weighted by Gasteiger charge is -2.21. The Kier molecular flexibility index (Phi) is 8.97. The Morgan fingerprint density at radius 1 is 0.436 bits per heavy atom. The van der Waals surface area contributed by atoms with Crippen molar-refractivity contribution in [3.8, 4) is 55.6 Å². The van der Waals surface area contributed by atoms with Crippen LogP contribution < -0.4 is 0 Å². The Morgan fingerprint density at radius 2 is 0.964 bits per heavy atom. The van der Waals surface area contributed by atoms with Gasteiger partial charge in [0.05, 0.1) is 0 Å². The van der Waals surface area contributed by atoms with Gasteiger partial charge in [0.2, 0.25) is 0 Å². The van der Waals surface area contributed by atoms with Gasteiger partial charge in [0.25, 0.3) is 0 Å². The van der Waals surface area contributed by atoms with Gasteiger partial charge in [0.15, 0.2) is 0 Å². The molecule has 0 bridgehead atoms. The largest absolute Gasteiger partial charge is 0.0620 e. The van der Waals surface area contributed by atoms with E-state index in [9.17, 15) is 0 Å². The molecule has 3 aliphatic carbocycles. The molecule has 0 aliphatic heterocycles. The van der Waals surface area contributed by atoms with Gasteiger partial charge < -0.3 is 0 Å². The molecule has 272 valence electrons. The first-order valence-electron chi connectivity index (χ1n) is 20.5. The number of benzene rings is 7. The van der Waals surface area contributed by atoms with E-state index >= 15 is 0 Å². The van der Waals surface area contributed by atoms with Crippen LogP contribution in [-0.2, 0) is 18.3 Å². The van der Waals surface area contributed by atoms with Crippen LogP contribution in [-0.4, -0.2) is 0 Å². The van der Waals surface area contributed by atoms with E-state index in [0.717, 1.165) is 12.8 Å². The first-order chi connectivity index (χ1) is 26.7. The Labute approximate surface area is 329 Å². The molecule has 0 aromatic heterocycles. The zero-order valence-corrected chi connectivity index (χ0v) is 33.3. The molecule has 0 radical (unpaired) electrons. The number of hydrogen-bond acceptors (Lipinski definition) is 0. The lowest BCUT2D eigenvalue weighted by Crippen LogP contribution is -2.14. The van der Waals surface area contributed by atoms with Crippen molar-refractivity contribution >= 4 is 0 Å². The van der Waals surface area contributed by atoms with E-state index in [1.54, 1.807) is 0 Å². The Balaban J connectivity index is 0.000000206. The maximum Gasteiger partial charge on any atom is 0.0158 e. The molecule has 0 saturated heterocycles. The second-order valence-electron chi connectivity index (χ2n) is 17.0. The van der Waals surface area contributed by atoms with Gasteiger partial charge in [-0.1, -0.05) is 155 Å². The zero-order valence-electron chi connectivity index (χ0n) is 33.3. The normalized spacial score (nSPS) is 17.1. The molecule has 7 aromatic carbocycles.